The largest absolute Gasteiger partial charge is 0.354 e. The average Bonchev–Trinajstić information content (AvgIpc) is 2.33. The lowest BCUT2D eigenvalue weighted by Gasteiger charge is -2.33. The van der Waals surface area contributed by atoms with Crippen LogP contribution in [0.15, 0.2) is 12.3 Å². The number of nitrogens with zero attached hydrogens (tertiary/aromatic N) is 3. The van der Waals surface area contributed by atoms with Crippen molar-refractivity contribution in [3.05, 3.63) is 12.3 Å². The van der Waals surface area contributed by atoms with Crippen LogP contribution in [0.1, 0.15) is 13.8 Å². The molecule has 0 spiro atoms. The van der Waals surface area contributed by atoms with Crippen LogP contribution < -0.4 is 15.5 Å². The molecule has 2 rings (SSSR count). The van der Waals surface area contributed by atoms with E-state index >= 15 is 0 Å². The molecule has 0 aromatic carbocycles. The summed E-state index contributed by atoms with van der Waals surface area (Å²) in [5, 5.41) is 5.90. The molecule has 0 bridgehead atoms. The van der Waals surface area contributed by atoms with E-state index < -0.39 is 0 Å². The van der Waals surface area contributed by atoms with Gasteiger partial charge in [-0.15, -0.1) is 0 Å². The van der Waals surface area contributed by atoms with E-state index in [2.05, 4.69) is 20.6 Å². The first-order valence-corrected chi connectivity index (χ1v) is 5.83. The number of anilines is 2. The molecule has 0 radical (unpaired) electrons. The topological polar surface area (TPSA) is 70.2 Å². The summed E-state index contributed by atoms with van der Waals surface area (Å²) < 4.78 is 0. The molecule has 1 aliphatic heterocycles. The van der Waals surface area contributed by atoms with Crippen LogP contribution in [0.3, 0.4) is 0 Å². The number of nitrogens with one attached hydrogen (secondary N) is 2. The third-order valence-electron chi connectivity index (χ3n) is 2.77. The minimum absolute atomic E-state index is 0.0415. The smallest absolute Gasteiger partial charge is 0.242 e. The van der Waals surface area contributed by atoms with Gasteiger partial charge in [0.05, 0.1) is 0 Å². The summed E-state index contributed by atoms with van der Waals surface area (Å²) in [7, 11) is 0. The summed E-state index contributed by atoms with van der Waals surface area (Å²) in [6.45, 7) is 6.08. The predicted molar refractivity (Wildman–Crippen MR) is 66.0 cm³/mol. The van der Waals surface area contributed by atoms with Crippen molar-refractivity contribution in [1.29, 1.82) is 0 Å². The van der Waals surface area contributed by atoms with Gasteiger partial charge in [0, 0.05) is 25.8 Å². The number of hydrogen-bond acceptors (Lipinski definition) is 5. The molecule has 1 aromatic heterocycles. The van der Waals surface area contributed by atoms with Gasteiger partial charge in [-0.1, -0.05) is 0 Å². The van der Waals surface area contributed by atoms with Gasteiger partial charge in [-0.2, -0.15) is 4.98 Å². The second-order valence-electron chi connectivity index (χ2n) is 3.93. The number of carbonyl (C=O) groups excluding carboxylic acids is 1. The highest BCUT2D eigenvalue weighted by atomic mass is 16.2. The van der Waals surface area contributed by atoms with Crippen molar-refractivity contribution >= 4 is 17.7 Å². The van der Waals surface area contributed by atoms with E-state index in [1.807, 2.05) is 24.8 Å². The molecule has 1 atom stereocenters. The molecular weight excluding hydrogens is 218 g/mol. The molecule has 0 saturated carbocycles. The van der Waals surface area contributed by atoms with Gasteiger partial charge in [0.25, 0.3) is 0 Å². The van der Waals surface area contributed by atoms with E-state index in [1.54, 1.807) is 6.20 Å². The Morgan fingerprint density at radius 1 is 1.65 bits per heavy atom. The monoisotopic (exact) mass is 235 g/mol. The Labute approximate surface area is 100 Å². The Kier molecular flexibility index (Phi) is 3.41. The first-order valence-electron chi connectivity index (χ1n) is 5.83. The normalized spacial score (nSPS) is 20.0. The van der Waals surface area contributed by atoms with Gasteiger partial charge >= 0.3 is 0 Å². The van der Waals surface area contributed by atoms with Gasteiger partial charge in [0.1, 0.15) is 11.9 Å². The Balaban J connectivity index is 2.20. The van der Waals surface area contributed by atoms with Crippen molar-refractivity contribution in [3.8, 4) is 0 Å². The van der Waals surface area contributed by atoms with E-state index in [0.717, 1.165) is 18.9 Å². The highest BCUT2D eigenvalue weighted by molar-refractivity contribution is 5.85. The molecule has 1 amide bonds. The first kappa shape index (κ1) is 11.6. The Bertz CT molecular complexity index is 409. The minimum atomic E-state index is -0.187. The Morgan fingerprint density at radius 2 is 2.47 bits per heavy atom. The van der Waals surface area contributed by atoms with Gasteiger partial charge in [0.15, 0.2) is 0 Å². The summed E-state index contributed by atoms with van der Waals surface area (Å²) >= 11 is 0. The summed E-state index contributed by atoms with van der Waals surface area (Å²) in [4.78, 5) is 22.1. The average molecular weight is 235 g/mol. The maximum Gasteiger partial charge on any atom is 0.242 e. The lowest BCUT2D eigenvalue weighted by atomic mass is 10.2. The van der Waals surface area contributed by atoms with Gasteiger partial charge in [0.2, 0.25) is 11.9 Å². The van der Waals surface area contributed by atoms with Gasteiger partial charge in [-0.3, -0.25) is 4.79 Å². The molecule has 6 heteroatoms. The number of amides is 1. The lowest BCUT2D eigenvalue weighted by Crippen LogP contribution is -2.54. The summed E-state index contributed by atoms with van der Waals surface area (Å²) in [6, 6.07) is 1.64. The Morgan fingerprint density at radius 3 is 3.24 bits per heavy atom. The maximum atomic E-state index is 11.6. The molecule has 92 valence electrons. The first-order chi connectivity index (χ1) is 8.22. The maximum absolute atomic E-state index is 11.6. The quantitative estimate of drug-likeness (QED) is 0.785. The molecule has 17 heavy (non-hydrogen) atoms. The summed E-state index contributed by atoms with van der Waals surface area (Å²) in [5.74, 6) is 1.43. The second kappa shape index (κ2) is 4.99. The minimum Gasteiger partial charge on any atom is -0.354 e. The third kappa shape index (κ3) is 2.46. The van der Waals surface area contributed by atoms with Crippen LogP contribution in [-0.2, 0) is 4.79 Å². The van der Waals surface area contributed by atoms with E-state index in [9.17, 15) is 4.79 Å². The molecule has 1 aliphatic rings. The molecule has 1 fully saturated rings. The molecule has 6 nitrogen and oxygen atoms in total. The van der Waals surface area contributed by atoms with Crippen LogP contribution in [0.5, 0.6) is 0 Å². The zero-order valence-corrected chi connectivity index (χ0v) is 10.1. The van der Waals surface area contributed by atoms with Crippen molar-refractivity contribution in [2.24, 2.45) is 0 Å². The van der Waals surface area contributed by atoms with Crippen molar-refractivity contribution < 1.29 is 4.79 Å². The molecular formula is C11H17N5O. The van der Waals surface area contributed by atoms with Gasteiger partial charge in [-0.25, -0.2) is 4.98 Å². The van der Waals surface area contributed by atoms with Crippen molar-refractivity contribution in [3.63, 3.8) is 0 Å². The molecule has 2 N–H and O–H groups in total. The fourth-order valence-corrected chi connectivity index (χ4v) is 1.85. The van der Waals surface area contributed by atoms with Crippen LogP contribution in [0, 0.1) is 0 Å². The lowest BCUT2D eigenvalue weighted by molar-refractivity contribution is -0.122. The molecule has 2 heterocycles. The predicted octanol–water partition coefficient (Wildman–Crippen LogP) is 0.233. The van der Waals surface area contributed by atoms with E-state index in [4.69, 9.17) is 0 Å². The molecule has 1 aromatic rings. The zero-order chi connectivity index (χ0) is 12.3. The van der Waals surface area contributed by atoms with Crippen LogP contribution in [-0.4, -0.2) is 41.6 Å². The summed E-state index contributed by atoms with van der Waals surface area (Å²) in [5.41, 5.74) is 0. The van der Waals surface area contributed by atoms with Crippen LogP contribution >= 0.6 is 0 Å². The number of aromatic nitrogens is 2. The van der Waals surface area contributed by atoms with Crippen LogP contribution in [0.4, 0.5) is 11.8 Å². The third-order valence-corrected chi connectivity index (χ3v) is 2.77. The van der Waals surface area contributed by atoms with Gasteiger partial charge < -0.3 is 15.5 Å². The zero-order valence-electron chi connectivity index (χ0n) is 10.1. The molecule has 0 aliphatic carbocycles. The number of rotatable bonds is 3. The van der Waals surface area contributed by atoms with E-state index in [-0.39, 0.29) is 11.9 Å². The van der Waals surface area contributed by atoms with Gasteiger partial charge in [-0.05, 0) is 19.9 Å². The highest BCUT2D eigenvalue weighted by Crippen LogP contribution is 2.16. The number of carbonyl (C=O) groups is 1. The van der Waals surface area contributed by atoms with E-state index in [0.29, 0.717) is 12.5 Å². The standard InChI is InChI=1S/C11H17N5O/c1-3-12-11-14-5-4-9(15-11)16-7-6-13-10(17)8(16)2/h4-5,8H,3,6-7H2,1-2H3,(H,13,17)(H,12,14,15). The van der Waals surface area contributed by atoms with Crippen molar-refractivity contribution in [1.82, 2.24) is 15.3 Å². The second-order valence-corrected chi connectivity index (χ2v) is 3.93. The van der Waals surface area contributed by atoms with Crippen LogP contribution in [0.2, 0.25) is 0 Å². The fraction of sp³-hybridized carbons (Fsp3) is 0.545. The van der Waals surface area contributed by atoms with Crippen molar-refractivity contribution in [2.75, 3.05) is 29.9 Å². The Hall–Kier alpha value is -1.85. The van der Waals surface area contributed by atoms with Crippen LogP contribution in [0.25, 0.3) is 0 Å². The highest BCUT2D eigenvalue weighted by Gasteiger charge is 2.26. The molecule has 1 unspecified atom stereocenters. The van der Waals surface area contributed by atoms with Crippen molar-refractivity contribution in [2.45, 2.75) is 19.9 Å². The van der Waals surface area contributed by atoms with E-state index in [1.165, 1.54) is 0 Å². The fourth-order valence-electron chi connectivity index (χ4n) is 1.85. The SMILES string of the molecule is CCNc1nccc(N2CCNC(=O)C2C)n1. The molecule has 1 saturated heterocycles. The summed E-state index contributed by atoms with van der Waals surface area (Å²) in [6.07, 6.45) is 1.71. The number of hydrogen-bond donors (Lipinski definition) is 2. The number of piperazine rings is 1.